The average molecular weight is 317 g/mol. The average Bonchev–Trinajstić information content (AvgIpc) is 2.68. The standard InChI is InChI=1S/C12H14BrFN2O2/c13-8-1-2-11(10(14)5-8)15-12(18)7-16-4-3-9(17)6-16/h1-2,5,9,17H,3-4,6-7H2,(H,15,18). The Kier molecular flexibility index (Phi) is 4.31. The van der Waals surface area contributed by atoms with E-state index in [0.717, 1.165) is 0 Å². The van der Waals surface area contributed by atoms with Crippen molar-refractivity contribution in [3.05, 3.63) is 28.5 Å². The van der Waals surface area contributed by atoms with Crippen molar-refractivity contribution >= 4 is 27.5 Å². The van der Waals surface area contributed by atoms with Crippen LogP contribution in [0, 0.1) is 5.82 Å². The Hall–Kier alpha value is -0.980. The Bertz CT molecular complexity index is 456. The van der Waals surface area contributed by atoms with Gasteiger partial charge < -0.3 is 10.4 Å². The second-order valence-electron chi connectivity index (χ2n) is 4.35. The molecule has 2 N–H and O–H groups in total. The van der Waals surface area contributed by atoms with Gasteiger partial charge in [0.25, 0.3) is 0 Å². The first-order valence-electron chi connectivity index (χ1n) is 5.70. The van der Waals surface area contributed by atoms with Crippen LogP contribution in [-0.4, -0.2) is 41.7 Å². The molecule has 1 amide bonds. The topological polar surface area (TPSA) is 52.6 Å². The molecule has 0 bridgehead atoms. The summed E-state index contributed by atoms with van der Waals surface area (Å²) >= 11 is 3.15. The van der Waals surface area contributed by atoms with Crippen LogP contribution >= 0.6 is 15.9 Å². The van der Waals surface area contributed by atoms with E-state index in [9.17, 15) is 14.3 Å². The van der Waals surface area contributed by atoms with E-state index in [1.807, 2.05) is 4.90 Å². The summed E-state index contributed by atoms with van der Waals surface area (Å²) in [7, 11) is 0. The second-order valence-corrected chi connectivity index (χ2v) is 5.27. The van der Waals surface area contributed by atoms with Crippen molar-refractivity contribution < 1.29 is 14.3 Å². The van der Waals surface area contributed by atoms with Gasteiger partial charge in [-0.2, -0.15) is 0 Å². The highest BCUT2D eigenvalue weighted by Gasteiger charge is 2.22. The van der Waals surface area contributed by atoms with Crippen LogP contribution in [0.1, 0.15) is 6.42 Å². The number of rotatable bonds is 3. The number of β-amino-alcohol motifs (C(OH)–C–C–N with tert-alkyl or cyclic N) is 1. The molecule has 0 aliphatic carbocycles. The number of aliphatic hydroxyl groups is 1. The lowest BCUT2D eigenvalue weighted by atomic mass is 10.3. The van der Waals surface area contributed by atoms with Gasteiger partial charge in [0.05, 0.1) is 18.3 Å². The Morgan fingerprint density at radius 1 is 1.61 bits per heavy atom. The number of likely N-dealkylation sites (tertiary alicyclic amines) is 1. The summed E-state index contributed by atoms with van der Waals surface area (Å²) in [5.74, 6) is -0.746. The first kappa shape index (κ1) is 13.5. The molecule has 1 atom stereocenters. The van der Waals surface area contributed by atoms with Crippen molar-refractivity contribution in [2.24, 2.45) is 0 Å². The molecule has 0 radical (unpaired) electrons. The molecule has 18 heavy (non-hydrogen) atoms. The normalized spacial score (nSPS) is 20.1. The molecule has 0 aromatic heterocycles. The number of benzene rings is 1. The molecule has 1 aromatic carbocycles. The van der Waals surface area contributed by atoms with Gasteiger partial charge in [0.15, 0.2) is 0 Å². The molecule has 1 aromatic rings. The van der Waals surface area contributed by atoms with E-state index >= 15 is 0 Å². The Morgan fingerprint density at radius 3 is 3.00 bits per heavy atom. The zero-order chi connectivity index (χ0) is 13.1. The molecule has 1 unspecified atom stereocenters. The highest BCUT2D eigenvalue weighted by Crippen LogP contribution is 2.19. The predicted molar refractivity (Wildman–Crippen MR) is 69.8 cm³/mol. The number of hydrogen-bond acceptors (Lipinski definition) is 3. The smallest absolute Gasteiger partial charge is 0.238 e. The minimum atomic E-state index is -0.473. The maximum Gasteiger partial charge on any atom is 0.238 e. The number of hydrogen-bond donors (Lipinski definition) is 2. The van der Waals surface area contributed by atoms with Crippen LogP contribution in [0.25, 0.3) is 0 Å². The van der Waals surface area contributed by atoms with Crippen molar-refractivity contribution in [1.29, 1.82) is 0 Å². The quantitative estimate of drug-likeness (QED) is 0.890. The van der Waals surface area contributed by atoms with E-state index in [-0.39, 0.29) is 24.2 Å². The van der Waals surface area contributed by atoms with Crippen LogP contribution in [0.2, 0.25) is 0 Å². The predicted octanol–water partition coefficient (Wildman–Crippen LogP) is 1.59. The van der Waals surface area contributed by atoms with Gasteiger partial charge in [0.1, 0.15) is 5.82 Å². The van der Waals surface area contributed by atoms with Gasteiger partial charge >= 0.3 is 0 Å². The zero-order valence-corrected chi connectivity index (χ0v) is 11.3. The monoisotopic (exact) mass is 316 g/mol. The third kappa shape index (κ3) is 3.51. The van der Waals surface area contributed by atoms with E-state index in [1.165, 1.54) is 12.1 Å². The Morgan fingerprint density at radius 2 is 2.39 bits per heavy atom. The lowest BCUT2D eigenvalue weighted by molar-refractivity contribution is -0.117. The van der Waals surface area contributed by atoms with E-state index < -0.39 is 5.82 Å². The highest BCUT2D eigenvalue weighted by molar-refractivity contribution is 9.10. The van der Waals surface area contributed by atoms with E-state index in [4.69, 9.17) is 0 Å². The number of aliphatic hydroxyl groups excluding tert-OH is 1. The molecule has 2 rings (SSSR count). The fourth-order valence-corrected chi connectivity index (χ4v) is 2.27. The molecule has 4 nitrogen and oxygen atoms in total. The van der Waals surface area contributed by atoms with Crippen LogP contribution in [0.5, 0.6) is 0 Å². The summed E-state index contributed by atoms with van der Waals surface area (Å²) in [6, 6.07) is 4.48. The van der Waals surface area contributed by atoms with E-state index in [1.54, 1.807) is 6.07 Å². The van der Waals surface area contributed by atoms with Gasteiger partial charge in [-0.3, -0.25) is 9.69 Å². The van der Waals surface area contributed by atoms with E-state index in [2.05, 4.69) is 21.2 Å². The van der Waals surface area contributed by atoms with Gasteiger partial charge in [-0.1, -0.05) is 15.9 Å². The summed E-state index contributed by atoms with van der Waals surface area (Å²) < 4.78 is 14.1. The summed E-state index contributed by atoms with van der Waals surface area (Å²) in [6.45, 7) is 1.36. The van der Waals surface area contributed by atoms with Crippen molar-refractivity contribution in [3.8, 4) is 0 Å². The minimum absolute atomic E-state index is 0.169. The van der Waals surface area contributed by atoms with Crippen molar-refractivity contribution in [3.63, 3.8) is 0 Å². The summed E-state index contributed by atoms with van der Waals surface area (Å²) in [6.07, 6.45) is 0.321. The SMILES string of the molecule is O=C(CN1CCC(O)C1)Nc1ccc(Br)cc1F. The number of nitrogens with one attached hydrogen (secondary N) is 1. The van der Waals surface area contributed by atoms with Crippen LogP contribution in [0.15, 0.2) is 22.7 Å². The first-order valence-corrected chi connectivity index (χ1v) is 6.49. The molecule has 6 heteroatoms. The molecule has 0 spiro atoms. The fraction of sp³-hybridized carbons (Fsp3) is 0.417. The Balaban J connectivity index is 1.91. The van der Waals surface area contributed by atoms with Crippen molar-refractivity contribution in [1.82, 2.24) is 4.90 Å². The number of anilines is 1. The highest BCUT2D eigenvalue weighted by atomic mass is 79.9. The van der Waals surface area contributed by atoms with Crippen LogP contribution in [0.4, 0.5) is 10.1 Å². The van der Waals surface area contributed by atoms with E-state index in [0.29, 0.717) is 24.0 Å². The van der Waals surface area contributed by atoms with Crippen molar-refractivity contribution in [2.75, 3.05) is 25.0 Å². The van der Waals surface area contributed by atoms with Gasteiger partial charge in [0.2, 0.25) is 5.91 Å². The van der Waals surface area contributed by atoms with Gasteiger partial charge in [-0.25, -0.2) is 4.39 Å². The second kappa shape index (κ2) is 5.77. The molecule has 1 heterocycles. The lowest BCUT2D eigenvalue weighted by Crippen LogP contribution is -2.32. The first-order chi connectivity index (χ1) is 8.54. The van der Waals surface area contributed by atoms with Gasteiger partial charge in [-0.15, -0.1) is 0 Å². The maximum absolute atomic E-state index is 13.5. The zero-order valence-electron chi connectivity index (χ0n) is 9.70. The van der Waals surface area contributed by atoms with Gasteiger partial charge in [-0.05, 0) is 24.6 Å². The van der Waals surface area contributed by atoms with Crippen LogP contribution < -0.4 is 5.32 Å². The third-order valence-corrected chi connectivity index (χ3v) is 3.31. The molecular formula is C12H14BrFN2O2. The van der Waals surface area contributed by atoms with Crippen molar-refractivity contribution in [2.45, 2.75) is 12.5 Å². The molecule has 1 fully saturated rings. The molecule has 1 saturated heterocycles. The molecule has 1 aliphatic rings. The number of amides is 1. The third-order valence-electron chi connectivity index (χ3n) is 2.82. The Labute approximate surface area is 113 Å². The molecule has 1 aliphatic heterocycles. The molecule has 0 saturated carbocycles. The largest absolute Gasteiger partial charge is 0.392 e. The number of carbonyl (C=O) groups is 1. The minimum Gasteiger partial charge on any atom is -0.392 e. The molecule has 98 valence electrons. The van der Waals surface area contributed by atoms with Gasteiger partial charge in [0, 0.05) is 17.6 Å². The maximum atomic E-state index is 13.5. The molecular weight excluding hydrogens is 303 g/mol. The summed E-state index contributed by atoms with van der Waals surface area (Å²) in [4.78, 5) is 13.5. The summed E-state index contributed by atoms with van der Waals surface area (Å²) in [5, 5.41) is 11.9. The summed E-state index contributed by atoms with van der Waals surface area (Å²) in [5.41, 5.74) is 0.169. The number of nitrogens with zero attached hydrogens (tertiary/aromatic N) is 1. The fourth-order valence-electron chi connectivity index (χ4n) is 1.94. The number of carbonyl (C=O) groups excluding carboxylic acids is 1. The lowest BCUT2D eigenvalue weighted by Gasteiger charge is -2.14. The van der Waals surface area contributed by atoms with Crippen LogP contribution in [0.3, 0.4) is 0 Å². The van der Waals surface area contributed by atoms with Crippen LogP contribution in [-0.2, 0) is 4.79 Å². The number of halogens is 2.